The third-order valence-corrected chi connectivity index (χ3v) is 3.79. The maximum absolute atomic E-state index is 4.71. The second kappa shape index (κ2) is 4.30. The van der Waals surface area contributed by atoms with E-state index in [0.29, 0.717) is 12.0 Å². The highest BCUT2D eigenvalue weighted by Crippen LogP contribution is 2.30. The molecule has 0 aliphatic heterocycles. The van der Waals surface area contributed by atoms with E-state index in [-0.39, 0.29) is 0 Å². The molecule has 106 valence electrons. The van der Waals surface area contributed by atoms with E-state index in [4.69, 9.17) is 9.97 Å². The predicted molar refractivity (Wildman–Crippen MR) is 81.1 cm³/mol. The molecule has 1 aromatic carbocycles. The van der Waals surface area contributed by atoms with Crippen LogP contribution in [0.1, 0.15) is 56.6 Å². The minimum Gasteiger partial charge on any atom is -0.280 e. The van der Waals surface area contributed by atoms with Crippen LogP contribution in [0.4, 0.5) is 0 Å². The van der Waals surface area contributed by atoms with E-state index >= 15 is 0 Å². The molecule has 5 nitrogen and oxygen atoms in total. The first-order valence-corrected chi connectivity index (χ1v) is 7.15. The van der Waals surface area contributed by atoms with Crippen LogP contribution in [0.5, 0.6) is 0 Å². The van der Waals surface area contributed by atoms with Crippen molar-refractivity contribution < 1.29 is 0 Å². The molecule has 0 spiro atoms. The number of aromatic nitrogens is 5. The van der Waals surface area contributed by atoms with Gasteiger partial charge >= 0.3 is 0 Å². The fourth-order valence-corrected chi connectivity index (χ4v) is 2.49. The topological polar surface area (TPSA) is 59.4 Å². The van der Waals surface area contributed by atoms with Gasteiger partial charge in [-0.1, -0.05) is 13.8 Å². The molecule has 0 aliphatic rings. The first-order valence-electron chi connectivity index (χ1n) is 7.15. The molecule has 2 heterocycles. The Balaban J connectivity index is 2.39. The summed E-state index contributed by atoms with van der Waals surface area (Å²) in [7, 11) is 0. The summed E-state index contributed by atoms with van der Waals surface area (Å²) < 4.78 is 0. The summed E-state index contributed by atoms with van der Waals surface area (Å²) in [6.07, 6.45) is 0. The van der Waals surface area contributed by atoms with Crippen LogP contribution in [-0.4, -0.2) is 25.0 Å². The average Bonchev–Trinajstić information content (AvgIpc) is 3.00. The van der Waals surface area contributed by atoms with Crippen LogP contribution in [0.3, 0.4) is 0 Å². The van der Waals surface area contributed by atoms with E-state index in [0.717, 1.165) is 39.0 Å². The number of H-pyrrole nitrogens is 1. The fraction of sp³-hybridized carbons (Fsp3) is 0.533. The standard InChI is InChI=1S/C15H21N5/c1-7(2)15-16-11-9(5)13-14(10(6)12(11)17-15)19-20(18-13)8(3)4/h7-8,18H,1-6H3. The Morgan fingerprint density at radius 2 is 1.50 bits per heavy atom. The number of nitrogens with zero attached hydrogens (tertiary/aromatic N) is 4. The highest BCUT2D eigenvalue weighted by Gasteiger charge is 2.18. The van der Waals surface area contributed by atoms with E-state index < -0.39 is 0 Å². The van der Waals surface area contributed by atoms with Crippen LogP contribution in [0.2, 0.25) is 0 Å². The van der Waals surface area contributed by atoms with E-state index in [2.05, 4.69) is 51.7 Å². The molecule has 1 N–H and O–H groups in total. The number of imidazole rings is 1. The molecule has 2 aromatic heterocycles. The molecule has 0 aliphatic carbocycles. The van der Waals surface area contributed by atoms with Gasteiger partial charge in [-0.05, 0) is 27.7 Å². The lowest BCUT2D eigenvalue weighted by Crippen LogP contribution is -2.04. The largest absolute Gasteiger partial charge is 0.280 e. The molecule has 0 bridgehead atoms. The molecular weight excluding hydrogens is 250 g/mol. The number of hydrogen-bond acceptors (Lipinski definition) is 3. The molecular formula is C15H21N5. The maximum atomic E-state index is 4.71. The SMILES string of the molecule is Cc1c2nc(C(C)C)nc2c(C)c2[nH]n(C(C)C)nc12. The van der Waals surface area contributed by atoms with Gasteiger partial charge in [-0.15, -0.1) is 0 Å². The molecule has 0 unspecified atom stereocenters. The third-order valence-electron chi connectivity index (χ3n) is 3.79. The quantitative estimate of drug-likeness (QED) is 0.774. The number of nitrogens with one attached hydrogen (secondary N) is 1. The first-order chi connectivity index (χ1) is 9.40. The zero-order chi connectivity index (χ0) is 14.6. The Bertz CT molecular complexity index is 671. The van der Waals surface area contributed by atoms with Gasteiger partial charge in [-0.3, -0.25) is 5.10 Å². The van der Waals surface area contributed by atoms with Crippen molar-refractivity contribution in [2.45, 2.75) is 53.5 Å². The minimum absolute atomic E-state index is 0.308. The van der Waals surface area contributed by atoms with Crippen LogP contribution in [-0.2, 0) is 0 Å². The van der Waals surface area contributed by atoms with Gasteiger partial charge < -0.3 is 0 Å². The first kappa shape index (κ1) is 13.1. The number of fused-ring (bicyclic) bond motifs is 2. The summed E-state index contributed by atoms with van der Waals surface area (Å²) >= 11 is 0. The number of aromatic amines is 1. The Labute approximate surface area is 118 Å². The van der Waals surface area contributed by atoms with E-state index in [1.54, 1.807) is 0 Å². The highest BCUT2D eigenvalue weighted by molar-refractivity contribution is 5.98. The minimum atomic E-state index is 0.308. The highest BCUT2D eigenvalue weighted by atomic mass is 15.5. The lowest BCUT2D eigenvalue weighted by molar-refractivity contribution is 0.472. The van der Waals surface area contributed by atoms with Crippen LogP contribution in [0.25, 0.3) is 22.1 Å². The maximum Gasteiger partial charge on any atom is 0.132 e. The lowest BCUT2D eigenvalue weighted by Gasteiger charge is -2.02. The molecule has 0 atom stereocenters. The molecule has 0 fully saturated rings. The molecule has 3 aromatic rings. The van der Waals surface area contributed by atoms with Crippen molar-refractivity contribution in [1.82, 2.24) is 25.0 Å². The van der Waals surface area contributed by atoms with Crippen LogP contribution < -0.4 is 0 Å². The second-order valence-electron chi connectivity index (χ2n) is 6.06. The summed E-state index contributed by atoms with van der Waals surface area (Å²) in [5, 5.41) is 8.04. The summed E-state index contributed by atoms with van der Waals surface area (Å²) in [4.78, 5) is 11.3. The second-order valence-corrected chi connectivity index (χ2v) is 6.06. The lowest BCUT2D eigenvalue weighted by atomic mass is 10.1. The summed E-state index contributed by atoms with van der Waals surface area (Å²) in [5.74, 6) is 1.25. The van der Waals surface area contributed by atoms with Gasteiger partial charge in [-0.25, -0.2) is 14.8 Å². The monoisotopic (exact) mass is 271 g/mol. The van der Waals surface area contributed by atoms with E-state index in [1.807, 2.05) is 4.80 Å². The molecule has 3 rings (SSSR count). The van der Waals surface area contributed by atoms with Crippen molar-refractivity contribution in [2.75, 3.05) is 0 Å². The molecule has 5 heteroatoms. The fourth-order valence-electron chi connectivity index (χ4n) is 2.49. The third kappa shape index (κ3) is 1.72. The average molecular weight is 271 g/mol. The van der Waals surface area contributed by atoms with Gasteiger partial charge in [-0.2, -0.15) is 5.10 Å². The number of benzene rings is 1. The number of rotatable bonds is 2. The molecule has 0 saturated carbocycles. The van der Waals surface area contributed by atoms with Crippen LogP contribution in [0, 0.1) is 13.8 Å². The van der Waals surface area contributed by atoms with Crippen LogP contribution >= 0.6 is 0 Å². The number of aryl methyl sites for hydroxylation is 2. The molecule has 20 heavy (non-hydrogen) atoms. The van der Waals surface area contributed by atoms with Gasteiger partial charge in [0.15, 0.2) is 0 Å². The van der Waals surface area contributed by atoms with Crippen molar-refractivity contribution in [3.05, 3.63) is 17.0 Å². The van der Waals surface area contributed by atoms with Gasteiger partial charge in [0, 0.05) is 17.0 Å². The summed E-state index contributed by atoms with van der Waals surface area (Å²) in [6, 6.07) is 0.308. The molecule has 0 radical (unpaired) electrons. The molecule has 0 amide bonds. The normalized spacial score (nSPS) is 12.4. The molecule has 0 saturated heterocycles. The van der Waals surface area contributed by atoms with Gasteiger partial charge in [0.05, 0.1) is 22.6 Å². The predicted octanol–water partition coefficient (Wildman–Crippen LogP) is 3.63. The van der Waals surface area contributed by atoms with Crippen molar-refractivity contribution in [3.8, 4) is 0 Å². The zero-order valence-corrected chi connectivity index (χ0v) is 12.9. The summed E-state index contributed by atoms with van der Waals surface area (Å²) in [6.45, 7) is 12.6. The Hall–Kier alpha value is -1.91. The summed E-state index contributed by atoms with van der Waals surface area (Å²) in [5.41, 5.74) is 6.29. The van der Waals surface area contributed by atoms with Crippen LogP contribution in [0.15, 0.2) is 0 Å². The Morgan fingerprint density at radius 3 is 2.05 bits per heavy atom. The Morgan fingerprint density at radius 1 is 0.900 bits per heavy atom. The van der Waals surface area contributed by atoms with Gasteiger partial charge in [0.2, 0.25) is 0 Å². The van der Waals surface area contributed by atoms with E-state index in [9.17, 15) is 0 Å². The zero-order valence-electron chi connectivity index (χ0n) is 12.9. The van der Waals surface area contributed by atoms with Gasteiger partial charge in [0.1, 0.15) is 11.3 Å². The van der Waals surface area contributed by atoms with Crippen molar-refractivity contribution in [3.63, 3.8) is 0 Å². The smallest absolute Gasteiger partial charge is 0.132 e. The number of hydrogen-bond donors (Lipinski definition) is 1. The van der Waals surface area contributed by atoms with Gasteiger partial charge in [0.25, 0.3) is 0 Å². The van der Waals surface area contributed by atoms with E-state index in [1.165, 1.54) is 0 Å². The van der Waals surface area contributed by atoms with Crippen molar-refractivity contribution in [1.29, 1.82) is 0 Å². The Kier molecular flexibility index (Phi) is 2.81. The van der Waals surface area contributed by atoms with Crippen molar-refractivity contribution >= 4 is 22.1 Å². The van der Waals surface area contributed by atoms with Crippen molar-refractivity contribution in [2.24, 2.45) is 0 Å².